The molecule has 0 aliphatic rings. The van der Waals surface area contributed by atoms with Gasteiger partial charge in [-0.3, -0.25) is 4.98 Å². The molecule has 0 fully saturated rings. The molecule has 0 bridgehead atoms. The fourth-order valence-corrected chi connectivity index (χ4v) is 3.22. The predicted molar refractivity (Wildman–Crippen MR) is 113 cm³/mol. The van der Waals surface area contributed by atoms with Crippen LogP contribution in [0.5, 0.6) is 28.7 Å². The van der Waals surface area contributed by atoms with Crippen LogP contribution in [0, 0.1) is 0 Å². The highest BCUT2D eigenvalue weighted by atomic mass is 16.5. The van der Waals surface area contributed by atoms with Gasteiger partial charge in [0.05, 0.1) is 20.8 Å². The molecule has 0 spiro atoms. The molecule has 0 radical (unpaired) electrons. The van der Waals surface area contributed by atoms with Crippen molar-refractivity contribution < 1.29 is 24.1 Å². The second-order valence-corrected chi connectivity index (χ2v) is 6.34. The van der Waals surface area contributed by atoms with Crippen LogP contribution in [0.4, 0.5) is 0 Å². The lowest BCUT2D eigenvalue weighted by atomic mass is 9.99. The number of ether oxygens (including phenoxy) is 4. The number of pyridine rings is 1. The molecular formula is C23H25NO5. The third-order valence-corrected chi connectivity index (χ3v) is 4.52. The zero-order valence-electron chi connectivity index (χ0n) is 16.9. The maximum Gasteiger partial charge on any atom is 0.203 e. The highest BCUT2D eigenvalue weighted by molar-refractivity contribution is 5.92. The number of aromatic hydroxyl groups is 1. The summed E-state index contributed by atoms with van der Waals surface area (Å²) >= 11 is 0. The molecule has 6 nitrogen and oxygen atoms in total. The Morgan fingerprint density at radius 3 is 2.34 bits per heavy atom. The fourth-order valence-electron chi connectivity index (χ4n) is 3.22. The number of methoxy groups -OCH3 is 2. The minimum absolute atomic E-state index is 0.0991. The van der Waals surface area contributed by atoms with E-state index in [2.05, 4.69) is 11.6 Å². The molecule has 0 amide bonds. The van der Waals surface area contributed by atoms with E-state index in [1.807, 2.05) is 25.1 Å². The van der Waals surface area contributed by atoms with Gasteiger partial charge in [0.15, 0.2) is 23.0 Å². The summed E-state index contributed by atoms with van der Waals surface area (Å²) < 4.78 is 22.2. The van der Waals surface area contributed by atoms with Gasteiger partial charge in [-0.1, -0.05) is 18.7 Å². The van der Waals surface area contributed by atoms with E-state index in [1.54, 1.807) is 38.8 Å². The van der Waals surface area contributed by atoms with Gasteiger partial charge in [-0.05, 0) is 48.1 Å². The van der Waals surface area contributed by atoms with E-state index in [9.17, 15) is 5.11 Å². The van der Waals surface area contributed by atoms with E-state index in [1.165, 1.54) is 0 Å². The Morgan fingerprint density at radius 1 is 1.00 bits per heavy atom. The Labute approximate surface area is 170 Å². The Balaban J connectivity index is 2.02. The van der Waals surface area contributed by atoms with E-state index in [0.29, 0.717) is 48.0 Å². The first-order valence-corrected chi connectivity index (χ1v) is 9.32. The van der Waals surface area contributed by atoms with Gasteiger partial charge in [0, 0.05) is 17.8 Å². The monoisotopic (exact) mass is 395 g/mol. The fraction of sp³-hybridized carbons (Fsp3) is 0.261. The second kappa shape index (κ2) is 9.19. The summed E-state index contributed by atoms with van der Waals surface area (Å²) in [5, 5.41) is 12.1. The van der Waals surface area contributed by atoms with E-state index < -0.39 is 0 Å². The minimum atomic E-state index is 0.0991. The van der Waals surface area contributed by atoms with Gasteiger partial charge >= 0.3 is 0 Å². The number of rotatable bonds is 9. The van der Waals surface area contributed by atoms with Crippen LogP contribution in [0.2, 0.25) is 0 Å². The lowest BCUT2D eigenvalue weighted by Gasteiger charge is -2.16. The number of hydrogen-bond acceptors (Lipinski definition) is 6. The van der Waals surface area contributed by atoms with E-state index in [-0.39, 0.29) is 5.75 Å². The zero-order valence-corrected chi connectivity index (χ0v) is 16.9. The summed E-state index contributed by atoms with van der Waals surface area (Å²) in [6, 6.07) is 7.54. The van der Waals surface area contributed by atoms with Crippen molar-refractivity contribution in [2.45, 2.75) is 13.3 Å². The molecule has 0 atom stereocenters. The summed E-state index contributed by atoms with van der Waals surface area (Å²) in [5.74, 6) is 2.24. The van der Waals surface area contributed by atoms with Gasteiger partial charge in [-0.15, -0.1) is 0 Å². The summed E-state index contributed by atoms with van der Waals surface area (Å²) in [6.07, 6.45) is 5.68. The molecule has 29 heavy (non-hydrogen) atoms. The van der Waals surface area contributed by atoms with Crippen LogP contribution in [-0.2, 0) is 6.42 Å². The van der Waals surface area contributed by atoms with Crippen molar-refractivity contribution in [2.24, 2.45) is 0 Å². The molecule has 152 valence electrons. The maximum atomic E-state index is 10.5. The van der Waals surface area contributed by atoms with Crippen molar-refractivity contribution in [1.29, 1.82) is 0 Å². The summed E-state index contributed by atoms with van der Waals surface area (Å²) in [4.78, 5) is 4.30. The third kappa shape index (κ3) is 4.21. The molecule has 3 aromatic rings. The van der Waals surface area contributed by atoms with Crippen LogP contribution < -0.4 is 18.9 Å². The average molecular weight is 395 g/mol. The van der Waals surface area contributed by atoms with E-state index in [0.717, 1.165) is 16.5 Å². The van der Waals surface area contributed by atoms with Crippen molar-refractivity contribution in [3.63, 3.8) is 0 Å². The normalized spacial score (nSPS) is 10.6. The smallest absolute Gasteiger partial charge is 0.203 e. The van der Waals surface area contributed by atoms with Crippen LogP contribution in [-0.4, -0.2) is 37.5 Å². The highest BCUT2D eigenvalue weighted by Gasteiger charge is 2.16. The van der Waals surface area contributed by atoms with Gasteiger partial charge in [0.25, 0.3) is 0 Å². The first-order chi connectivity index (χ1) is 14.1. The third-order valence-electron chi connectivity index (χ3n) is 4.52. The molecule has 2 aromatic carbocycles. The molecule has 1 N–H and O–H groups in total. The summed E-state index contributed by atoms with van der Waals surface area (Å²) in [7, 11) is 3.18. The van der Waals surface area contributed by atoms with Crippen molar-refractivity contribution in [3.8, 4) is 28.7 Å². The number of aromatic nitrogens is 1. The topological polar surface area (TPSA) is 70.0 Å². The highest BCUT2D eigenvalue weighted by Crippen LogP contribution is 2.40. The van der Waals surface area contributed by atoms with Crippen molar-refractivity contribution in [2.75, 3.05) is 27.4 Å². The van der Waals surface area contributed by atoms with Gasteiger partial charge < -0.3 is 24.1 Å². The average Bonchev–Trinajstić information content (AvgIpc) is 2.74. The zero-order chi connectivity index (χ0) is 20.8. The van der Waals surface area contributed by atoms with E-state index in [4.69, 9.17) is 18.9 Å². The van der Waals surface area contributed by atoms with Crippen LogP contribution in [0.15, 0.2) is 49.3 Å². The van der Waals surface area contributed by atoms with Gasteiger partial charge in [-0.2, -0.15) is 0 Å². The molecule has 0 unspecified atom stereocenters. The Hall–Kier alpha value is -3.41. The SMILES string of the molecule is C=CCOc1c(OC)cc(Cc2cncc3c(O)c(OCC)ccc23)cc1OC. The summed E-state index contributed by atoms with van der Waals surface area (Å²) in [5.41, 5.74) is 1.93. The lowest BCUT2D eigenvalue weighted by Crippen LogP contribution is -2.01. The summed E-state index contributed by atoms with van der Waals surface area (Å²) in [6.45, 7) is 6.37. The number of phenolic OH excluding ortho intramolecular Hbond substituents is 1. The molecule has 6 heteroatoms. The minimum Gasteiger partial charge on any atom is -0.504 e. The Bertz CT molecular complexity index is 991. The lowest BCUT2D eigenvalue weighted by molar-refractivity contribution is 0.300. The molecule has 3 rings (SSSR count). The second-order valence-electron chi connectivity index (χ2n) is 6.34. The van der Waals surface area contributed by atoms with Crippen molar-refractivity contribution >= 4 is 10.8 Å². The van der Waals surface area contributed by atoms with Crippen LogP contribution in [0.1, 0.15) is 18.1 Å². The number of phenols is 1. The first-order valence-electron chi connectivity index (χ1n) is 9.32. The van der Waals surface area contributed by atoms with Crippen LogP contribution in [0.3, 0.4) is 0 Å². The number of fused-ring (bicyclic) bond motifs is 1. The molecule has 0 saturated carbocycles. The largest absolute Gasteiger partial charge is 0.504 e. The van der Waals surface area contributed by atoms with Crippen LogP contribution in [0.25, 0.3) is 10.8 Å². The van der Waals surface area contributed by atoms with Gasteiger partial charge in [0.1, 0.15) is 6.61 Å². The number of hydrogen-bond donors (Lipinski definition) is 1. The standard InChI is InChI=1S/C23H25NO5/c1-5-9-29-23-20(26-3)11-15(12-21(23)27-4)10-16-13-24-14-18-17(16)7-8-19(22(18)25)28-6-2/h5,7-8,11-14,25H,1,6,9-10H2,2-4H3. The van der Waals surface area contributed by atoms with Gasteiger partial charge in [0.2, 0.25) is 5.75 Å². The van der Waals surface area contributed by atoms with Crippen LogP contribution >= 0.6 is 0 Å². The molecule has 0 aliphatic heterocycles. The molecule has 1 heterocycles. The number of benzene rings is 2. The predicted octanol–water partition coefficient (Wildman–Crippen LogP) is 4.51. The first kappa shape index (κ1) is 20.3. The molecule has 0 aliphatic carbocycles. The Kier molecular flexibility index (Phi) is 6.44. The Morgan fingerprint density at radius 2 is 1.72 bits per heavy atom. The molecule has 1 aromatic heterocycles. The van der Waals surface area contributed by atoms with Crippen molar-refractivity contribution in [1.82, 2.24) is 4.98 Å². The molecular weight excluding hydrogens is 370 g/mol. The van der Waals surface area contributed by atoms with Gasteiger partial charge in [-0.25, -0.2) is 0 Å². The van der Waals surface area contributed by atoms with Crippen molar-refractivity contribution in [3.05, 3.63) is 60.4 Å². The number of nitrogens with zero attached hydrogens (tertiary/aromatic N) is 1. The molecule has 0 saturated heterocycles. The quantitative estimate of drug-likeness (QED) is 0.538. The maximum absolute atomic E-state index is 10.5. The van der Waals surface area contributed by atoms with E-state index >= 15 is 0 Å².